The van der Waals surface area contributed by atoms with Crippen LogP contribution >= 0.6 is 0 Å². The van der Waals surface area contributed by atoms with Gasteiger partial charge in [0, 0.05) is 23.9 Å². The zero-order valence-electron chi connectivity index (χ0n) is 11.4. The molecule has 1 atom stereocenters. The van der Waals surface area contributed by atoms with E-state index >= 15 is 0 Å². The Morgan fingerprint density at radius 2 is 2.21 bits per heavy atom. The summed E-state index contributed by atoms with van der Waals surface area (Å²) in [5.74, 6) is 1.35. The second kappa shape index (κ2) is 5.84. The van der Waals surface area contributed by atoms with Crippen LogP contribution in [0.15, 0.2) is 6.07 Å². The van der Waals surface area contributed by atoms with Crippen LogP contribution in [0.4, 0.5) is 5.95 Å². The molecule has 1 N–H and O–H groups in total. The number of hydrogen-bond acceptors (Lipinski definition) is 5. The molecule has 2 aliphatic rings. The molecule has 1 aromatic rings. The van der Waals surface area contributed by atoms with Crippen molar-refractivity contribution < 1.29 is 9.47 Å². The van der Waals surface area contributed by atoms with Crippen molar-refractivity contribution in [3.63, 3.8) is 0 Å². The molecular formula is C14H21N3O2. The summed E-state index contributed by atoms with van der Waals surface area (Å²) in [5, 5.41) is 3.27. The van der Waals surface area contributed by atoms with E-state index in [0.717, 1.165) is 11.6 Å². The van der Waals surface area contributed by atoms with Gasteiger partial charge in [0.1, 0.15) is 0 Å². The minimum absolute atomic E-state index is 0.102. The Balaban J connectivity index is 1.61. The second-order valence-corrected chi connectivity index (χ2v) is 5.33. The molecule has 5 heteroatoms. The van der Waals surface area contributed by atoms with Crippen LogP contribution in [0.25, 0.3) is 0 Å². The minimum Gasteiger partial charge on any atom is -0.376 e. The molecule has 0 amide bonds. The quantitative estimate of drug-likeness (QED) is 0.899. The zero-order valence-corrected chi connectivity index (χ0v) is 11.4. The van der Waals surface area contributed by atoms with Gasteiger partial charge in [0.15, 0.2) is 0 Å². The fourth-order valence-corrected chi connectivity index (χ4v) is 2.44. The first-order valence-electron chi connectivity index (χ1n) is 7.10. The second-order valence-electron chi connectivity index (χ2n) is 5.33. The number of aryl methyl sites for hydroxylation is 1. The largest absolute Gasteiger partial charge is 0.376 e. The summed E-state index contributed by atoms with van der Waals surface area (Å²) in [6, 6.07) is 2.11. The summed E-state index contributed by atoms with van der Waals surface area (Å²) in [6.45, 7) is 4.74. The third-order valence-corrected chi connectivity index (χ3v) is 3.77. The van der Waals surface area contributed by atoms with E-state index in [9.17, 15) is 0 Å². The predicted molar refractivity (Wildman–Crippen MR) is 72.4 cm³/mol. The molecule has 1 aromatic heterocycles. The SMILES string of the molecule is Cc1cc(C2CCC2)nc(NC[C@@H]2COCCO2)n1. The molecule has 1 saturated carbocycles. The number of ether oxygens (including phenoxy) is 2. The van der Waals surface area contributed by atoms with Crippen LogP contribution in [0.2, 0.25) is 0 Å². The van der Waals surface area contributed by atoms with Gasteiger partial charge in [0.2, 0.25) is 5.95 Å². The van der Waals surface area contributed by atoms with E-state index in [1.54, 1.807) is 0 Å². The Hall–Kier alpha value is -1.20. The van der Waals surface area contributed by atoms with Gasteiger partial charge in [-0.25, -0.2) is 9.97 Å². The molecule has 5 nitrogen and oxygen atoms in total. The van der Waals surface area contributed by atoms with E-state index in [2.05, 4.69) is 21.4 Å². The highest BCUT2D eigenvalue weighted by Gasteiger charge is 2.22. The molecule has 1 saturated heterocycles. The van der Waals surface area contributed by atoms with Gasteiger partial charge in [-0.3, -0.25) is 0 Å². The molecule has 0 spiro atoms. The Labute approximate surface area is 113 Å². The first-order valence-corrected chi connectivity index (χ1v) is 7.10. The van der Waals surface area contributed by atoms with Crippen molar-refractivity contribution in [1.82, 2.24) is 9.97 Å². The van der Waals surface area contributed by atoms with E-state index in [0.29, 0.717) is 32.3 Å². The maximum atomic E-state index is 5.60. The topological polar surface area (TPSA) is 56.3 Å². The van der Waals surface area contributed by atoms with E-state index in [1.807, 2.05) is 6.92 Å². The van der Waals surface area contributed by atoms with Crippen LogP contribution in [0.1, 0.15) is 36.6 Å². The molecule has 3 rings (SSSR count). The van der Waals surface area contributed by atoms with Gasteiger partial charge in [0.05, 0.1) is 25.9 Å². The van der Waals surface area contributed by atoms with Gasteiger partial charge >= 0.3 is 0 Å². The third-order valence-electron chi connectivity index (χ3n) is 3.77. The predicted octanol–water partition coefficient (Wildman–Crippen LogP) is 1.88. The lowest BCUT2D eigenvalue weighted by Crippen LogP contribution is -2.34. The molecule has 0 radical (unpaired) electrons. The van der Waals surface area contributed by atoms with Crippen LogP contribution in [-0.4, -0.2) is 42.4 Å². The van der Waals surface area contributed by atoms with Crippen molar-refractivity contribution in [1.29, 1.82) is 0 Å². The lowest BCUT2D eigenvalue weighted by Gasteiger charge is -2.26. The zero-order chi connectivity index (χ0) is 13.1. The van der Waals surface area contributed by atoms with Crippen LogP contribution in [0, 0.1) is 6.92 Å². The van der Waals surface area contributed by atoms with Crippen LogP contribution < -0.4 is 5.32 Å². The normalized spacial score (nSPS) is 23.9. The van der Waals surface area contributed by atoms with Gasteiger partial charge in [-0.1, -0.05) is 6.42 Å². The Bertz CT molecular complexity index is 429. The average molecular weight is 263 g/mol. The molecular weight excluding hydrogens is 242 g/mol. The Morgan fingerprint density at radius 1 is 1.32 bits per heavy atom. The van der Waals surface area contributed by atoms with E-state index in [-0.39, 0.29) is 6.10 Å². The van der Waals surface area contributed by atoms with Gasteiger partial charge in [0.25, 0.3) is 0 Å². The Morgan fingerprint density at radius 3 is 2.89 bits per heavy atom. The van der Waals surface area contributed by atoms with Crippen molar-refractivity contribution >= 4 is 5.95 Å². The van der Waals surface area contributed by atoms with Crippen LogP contribution in [-0.2, 0) is 9.47 Å². The van der Waals surface area contributed by atoms with E-state index in [4.69, 9.17) is 9.47 Å². The average Bonchev–Trinajstić information content (AvgIpc) is 2.35. The first kappa shape index (κ1) is 12.8. The molecule has 104 valence electrons. The summed E-state index contributed by atoms with van der Waals surface area (Å²) >= 11 is 0. The van der Waals surface area contributed by atoms with Crippen LogP contribution in [0.5, 0.6) is 0 Å². The number of nitrogens with one attached hydrogen (secondary N) is 1. The van der Waals surface area contributed by atoms with E-state index < -0.39 is 0 Å². The fraction of sp³-hybridized carbons (Fsp3) is 0.714. The highest BCUT2D eigenvalue weighted by atomic mass is 16.6. The monoisotopic (exact) mass is 263 g/mol. The van der Waals surface area contributed by atoms with Gasteiger partial charge in [-0.05, 0) is 25.8 Å². The van der Waals surface area contributed by atoms with Crippen molar-refractivity contribution in [2.75, 3.05) is 31.7 Å². The molecule has 2 fully saturated rings. The number of aromatic nitrogens is 2. The smallest absolute Gasteiger partial charge is 0.223 e. The molecule has 19 heavy (non-hydrogen) atoms. The maximum absolute atomic E-state index is 5.60. The minimum atomic E-state index is 0.102. The van der Waals surface area contributed by atoms with Gasteiger partial charge in [-0.2, -0.15) is 0 Å². The maximum Gasteiger partial charge on any atom is 0.223 e. The highest BCUT2D eigenvalue weighted by molar-refractivity contribution is 5.30. The summed E-state index contributed by atoms with van der Waals surface area (Å²) in [7, 11) is 0. The first-order chi connectivity index (χ1) is 9.31. The summed E-state index contributed by atoms with van der Waals surface area (Å²) in [4.78, 5) is 9.06. The van der Waals surface area contributed by atoms with Crippen LogP contribution in [0.3, 0.4) is 0 Å². The van der Waals surface area contributed by atoms with Gasteiger partial charge in [-0.15, -0.1) is 0 Å². The molecule has 1 aliphatic heterocycles. The van der Waals surface area contributed by atoms with E-state index in [1.165, 1.54) is 25.0 Å². The van der Waals surface area contributed by atoms with Gasteiger partial charge < -0.3 is 14.8 Å². The molecule has 0 bridgehead atoms. The lowest BCUT2D eigenvalue weighted by molar-refractivity contribution is -0.0819. The molecule has 1 aliphatic carbocycles. The number of nitrogens with zero attached hydrogens (tertiary/aromatic N) is 2. The third kappa shape index (κ3) is 3.22. The summed E-state index contributed by atoms with van der Waals surface area (Å²) < 4.78 is 11.0. The van der Waals surface area contributed by atoms with Crippen molar-refractivity contribution in [2.24, 2.45) is 0 Å². The van der Waals surface area contributed by atoms with Crippen molar-refractivity contribution in [3.8, 4) is 0 Å². The fourth-order valence-electron chi connectivity index (χ4n) is 2.44. The Kier molecular flexibility index (Phi) is 3.94. The number of rotatable bonds is 4. The lowest BCUT2D eigenvalue weighted by atomic mass is 9.83. The molecule has 0 unspecified atom stereocenters. The molecule has 2 heterocycles. The standard InChI is InChI=1S/C14H21N3O2/c1-10-7-13(11-3-2-4-11)17-14(16-10)15-8-12-9-18-5-6-19-12/h7,11-12H,2-6,8-9H2,1H3,(H,15,16,17)/t12-/m1/s1. The number of hydrogen-bond donors (Lipinski definition) is 1. The highest BCUT2D eigenvalue weighted by Crippen LogP contribution is 2.35. The molecule has 0 aromatic carbocycles. The summed E-state index contributed by atoms with van der Waals surface area (Å²) in [5.41, 5.74) is 2.21. The van der Waals surface area contributed by atoms with Crippen molar-refractivity contribution in [2.45, 2.75) is 38.2 Å². The summed E-state index contributed by atoms with van der Waals surface area (Å²) in [6.07, 6.45) is 3.94. The van der Waals surface area contributed by atoms with Crippen molar-refractivity contribution in [3.05, 3.63) is 17.5 Å². The number of anilines is 1.